The Morgan fingerprint density at radius 2 is 2.25 bits per heavy atom. The van der Waals surface area contributed by atoms with E-state index in [0.717, 1.165) is 11.4 Å². The highest BCUT2D eigenvalue weighted by molar-refractivity contribution is 5.89. The molecule has 1 aromatic rings. The third kappa shape index (κ3) is 1.75. The Labute approximate surface area is 94.8 Å². The second kappa shape index (κ2) is 4.12. The third-order valence-electron chi connectivity index (χ3n) is 2.74. The number of nitrogens with zero attached hydrogens (tertiary/aromatic N) is 2. The van der Waals surface area contributed by atoms with Crippen LogP contribution in [-0.2, 0) is 0 Å². The summed E-state index contributed by atoms with van der Waals surface area (Å²) in [7, 11) is 0. The number of hydrazone groups is 1. The fourth-order valence-electron chi connectivity index (χ4n) is 1.95. The molecule has 0 amide bonds. The van der Waals surface area contributed by atoms with Crippen LogP contribution >= 0.6 is 0 Å². The van der Waals surface area contributed by atoms with Gasteiger partial charge in [0.2, 0.25) is 0 Å². The van der Waals surface area contributed by atoms with Crippen LogP contribution in [0, 0.1) is 18.1 Å². The molecule has 16 heavy (non-hydrogen) atoms. The van der Waals surface area contributed by atoms with E-state index in [1.54, 1.807) is 32.0 Å². The topological polar surface area (TPSA) is 56.1 Å². The normalized spacial score (nSPS) is 26.2. The van der Waals surface area contributed by atoms with Crippen molar-refractivity contribution in [3.63, 3.8) is 0 Å². The average Bonchev–Trinajstić information content (AvgIpc) is 2.55. The molecule has 4 nitrogen and oxygen atoms in total. The highest BCUT2D eigenvalue weighted by atomic mass is 16.3. The van der Waals surface area contributed by atoms with E-state index in [1.165, 1.54) is 5.01 Å². The second-order valence-corrected chi connectivity index (χ2v) is 3.96. The lowest BCUT2D eigenvalue weighted by atomic mass is 9.98. The van der Waals surface area contributed by atoms with Gasteiger partial charge >= 0.3 is 0 Å². The summed E-state index contributed by atoms with van der Waals surface area (Å²) in [6, 6.07) is 10.8. The maximum Gasteiger partial charge on any atom is 0.158 e. The first-order chi connectivity index (χ1) is 7.61. The van der Waals surface area contributed by atoms with E-state index >= 15 is 0 Å². The Balaban J connectivity index is 2.27. The molecule has 0 saturated heterocycles. The number of aliphatic hydroxyl groups excluding tert-OH is 2. The van der Waals surface area contributed by atoms with Gasteiger partial charge in [0.1, 0.15) is 0 Å². The zero-order chi connectivity index (χ0) is 11.7. The van der Waals surface area contributed by atoms with E-state index in [0.29, 0.717) is 0 Å². The smallest absolute Gasteiger partial charge is 0.158 e. The first-order valence-corrected chi connectivity index (χ1v) is 5.19. The van der Waals surface area contributed by atoms with Crippen LogP contribution < -0.4 is 5.01 Å². The van der Waals surface area contributed by atoms with Crippen LogP contribution in [0.1, 0.15) is 13.8 Å². The predicted octanol–water partition coefficient (Wildman–Crippen LogP) is 0.798. The van der Waals surface area contributed by atoms with E-state index < -0.39 is 12.3 Å². The molecule has 0 spiro atoms. The van der Waals surface area contributed by atoms with Crippen LogP contribution in [0.3, 0.4) is 0 Å². The van der Waals surface area contributed by atoms with Crippen LogP contribution in [0.4, 0.5) is 5.69 Å². The van der Waals surface area contributed by atoms with E-state index in [-0.39, 0.29) is 5.92 Å². The summed E-state index contributed by atoms with van der Waals surface area (Å²) < 4.78 is 0. The Hall–Kier alpha value is -1.57. The summed E-state index contributed by atoms with van der Waals surface area (Å²) in [6.07, 6.45) is -1.45. The van der Waals surface area contributed by atoms with Crippen molar-refractivity contribution in [2.45, 2.75) is 26.2 Å². The maximum absolute atomic E-state index is 10.1. The first-order valence-electron chi connectivity index (χ1n) is 5.19. The second-order valence-electron chi connectivity index (χ2n) is 3.96. The molecule has 84 valence electrons. The highest BCUT2D eigenvalue weighted by Gasteiger charge is 2.37. The molecule has 1 heterocycles. The van der Waals surface area contributed by atoms with Crippen molar-refractivity contribution in [3.8, 4) is 0 Å². The molecular formula is C12H14N2O2. The summed E-state index contributed by atoms with van der Waals surface area (Å²) >= 11 is 0. The maximum atomic E-state index is 10.1. The van der Waals surface area contributed by atoms with Gasteiger partial charge in [-0.05, 0) is 26.0 Å². The van der Waals surface area contributed by atoms with Crippen molar-refractivity contribution in [3.05, 3.63) is 30.3 Å². The first kappa shape index (κ1) is 10.9. The van der Waals surface area contributed by atoms with E-state index in [1.807, 2.05) is 0 Å². The lowest BCUT2D eigenvalue weighted by molar-refractivity contribution is 0.0635. The van der Waals surface area contributed by atoms with Crippen LogP contribution in [-0.4, -0.2) is 28.3 Å². The molecule has 2 rings (SSSR count). The zero-order valence-electron chi connectivity index (χ0n) is 9.25. The standard InChI is InChI=1S/C12H14N2O2/c1-8-11(9(2)15)12(16)14(13-8)10-6-4-3-5-7-10/h4,6-7,9,11-12,15-16H,1-2H3. The molecule has 3 atom stereocenters. The van der Waals surface area contributed by atoms with Gasteiger partial charge in [0.15, 0.2) is 6.23 Å². The minimum absolute atomic E-state index is 0.343. The van der Waals surface area contributed by atoms with Crippen LogP contribution in [0.15, 0.2) is 23.3 Å². The Bertz CT molecular complexity index is 389. The quantitative estimate of drug-likeness (QED) is 0.772. The number of aliphatic hydroxyl groups is 2. The minimum atomic E-state index is -0.823. The van der Waals surface area contributed by atoms with Crippen molar-refractivity contribution in [1.82, 2.24) is 0 Å². The monoisotopic (exact) mass is 218 g/mol. The fourth-order valence-corrected chi connectivity index (χ4v) is 1.95. The molecule has 1 aromatic carbocycles. The molecule has 3 unspecified atom stereocenters. The number of hydrogen-bond acceptors (Lipinski definition) is 4. The summed E-state index contributed by atoms with van der Waals surface area (Å²) in [5.41, 5.74) is 1.48. The van der Waals surface area contributed by atoms with Gasteiger partial charge in [-0.15, -0.1) is 0 Å². The molecule has 4 heteroatoms. The lowest BCUT2D eigenvalue weighted by Gasteiger charge is -2.24. The Morgan fingerprint density at radius 1 is 1.50 bits per heavy atom. The third-order valence-corrected chi connectivity index (χ3v) is 2.74. The van der Waals surface area contributed by atoms with E-state index in [9.17, 15) is 10.2 Å². The average molecular weight is 218 g/mol. The molecule has 1 aliphatic heterocycles. The largest absolute Gasteiger partial charge is 0.393 e. The van der Waals surface area contributed by atoms with Gasteiger partial charge in [-0.2, -0.15) is 5.10 Å². The summed E-state index contributed by atoms with van der Waals surface area (Å²) in [5.74, 6) is -0.343. The van der Waals surface area contributed by atoms with Crippen molar-refractivity contribution < 1.29 is 10.2 Å². The van der Waals surface area contributed by atoms with Crippen molar-refractivity contribution >= 4 is 11.4 Å². The van der Waals surface area contributed by atoms with Gasteiger partial charge in [-0.3, -0.25) is 0 Å². The van der Waals surface area contributed by atoms with Crippen molar-refractivity contribution in [2.24, 2.45) is 11.0 Å². The fraction of sp³-hybridized carbons (Fsp3) is 0.417. The highest BCUT2D eigenvalue weighted by Crippen LogP contribution is 2.28. The van der Waals surface area contributed by atoms with E-state index in [4.69, 9.17) is 0 Å². The van der Waals surface area contributed by atoms with Crippen molar-refractivity contribution in [1.29, 1.82) is 0 Å². The van der Waals surface area contributed by atoms with Crippen LogP contribution in [0.25, 0.3) is 0 Å². The van der Waals surface area contributed by atoms with Gasteiger partial charge in [0.05, 0.1) is 17.7 Å². The summed E-state index contributed by atoms with van der Waals surface area (Å²) in [6.45, 7) is 3.46. The predicted molar refractivity (Wildman–Crippen MR) is 60.9 cm³/mol. The molecule has 2 N–H and O–H groups in total. The van der Waals surface area contributed by atoms with Gasteiger partial charge in [0.25, 0.3) is 0 Å². The molecule has 0 aliphatic carbocycles. The van der Waals surface area contributed by atoms with Gasteiger partial charge < -0.3 is 10.2 Å². The van der Waals surface area contributed by atoms with Gasteiger partial charge in [-0.1, -0.05) is 12.1 Å². The Morgan fingerprint density at radius 3 is 2.75 bits per heavy atom. The minimum Gasteiger partial charge on any atom is -0.393 e. The summed E-state index contributed by atoms with van der Waals surface area (Å²) in [4.78, 5) is 0. The molecule has 1 aliphatic rings. The molecule has 0 saturated carbocycles. The van der Waals surface area contributed by atoms with Gasteiger partial charge in [0, 0.05) is 11.8 Å². The number of rotatable bonds is 2. The number of anilines is 1. The lowest BCUT2D eigenvalue weighted by Crippen LogP contribution is -2.38. The number of hydrogen-bond donors (Lipinski definition) is 2. The van der Waals surface area contributed by atoms with Gasteiger partial charge in [-0.25, -0.2) is 5.01 Å². The zero-order valence-corrected chi connectivity index (χ0v) is 9.25. The van der Waals surface area contributed by atoms with E-state index in [2.05, 4.69) is 17.2 Å². The molecule has 0 radical (unpaired) electrons. The SMILES string of the molecule is CC1=NN(c2cc#ccc2)C(O)C1C(C)O. The van der Waals surface area contributed by atoms with Crippen LogP contribution in [0.5, 0.6) is 0 Å². The summed E-state index contributed by atoms with van der Waals surface area (Å²) in [5, 5.41) is 25.4. The Kier molecular flexibility index (Phi) is 2.82. The molecule has 0 aromatic heterocycles. The molecule has 0 bridgehead atoms. The van der Waals surface area contributed by atoms with Crippen molar-refractivity contribution in [2.75, 3.05) is 5.01 Å². The molecule has 0 fully saturated rings. The molecular weight excluding hydrogens is 204 g/mol. The van der Waals surface area contributed by atoms with Crippen LogP contribution in [0.2, 0.25) is 0 Å².